The molecule has 0 aliphatic carbocycles. The summed E-state index contributed by atoms with van der Waals surface area (Å²) in [5.74, 6) is 0. The Balaban J connectivity index is 1.09. The Kier molecular flexibility index (Phi) is 8.11. The molecule has 0 fully saturated rings. The van der Waals surface area contributed by atoms with Crippen molar-refractivity contribution in [2.45, 2.75) is 0 Å². The molecule has 0 radical (unpaired) electrons. The number of nitrogens with zero attached hydrogens (tertiary/aromatic N) is 1. The van der Waals surface area contributed by atoms with Crippen LogP contribution in [0, 0.1) is 0 Å². The van der Waals surface area contributed by atoms with Gasteiger partial charge in [-0.15, -0.1) is 11.3 Å². The quantitative estimate of drug-likeness (QED) is 0.152. The summed E-state index contributed by atoms with van der Waals surface area (Å²) in [5.41, 5.74) is 10.7. The summed E-state index contributed by atoms with van der Waals surface area (Å²) in [6, 6.07) is 82.6. The number of thiophene rings is 1. The number of fused-ring (bicyclic) bond motifs is 9. The van der Waals surface area contributed by atoms with Crippen molar-refractivity contribution in [3.05, 3.63) is 224 Å². The Morgan fingerprint density at radius 2 is 0.800 bits per heavy atom. The molecule has 1 heterocycles. The second-order valence-electron chi connectivity index (χ2n) is 15.6. The van der Waals surface area contributed by atoms with Crippen molar-refractivity contribution in [3.8, 4) is 33.4 Å². The van der Waals surface area contributed by atoms with E-state index in [-0.39, 0.29) is 0 Å². The molecule has 0 aliphatic rings. The van der Waals surface area contributed by atoms with Crippen molar-refractivity contribution in [3.63, 3.8) is 0 Å². The molecule has 12 rings (SSSR count). The van der Waals surface area contributed by atoms with E-state index >= 15 is 0 Å². The van der Waals surface area contributed by atoms with Crippen LogP contribution in [0.1, 0.15) is 0 Å². The summed E-state index contributed by atoms with van der Waals surface area (Å²) in [5, 5.41) is 12.6. The zero-order chi connectivity index (χ0) is 39.6. The van der Waals surface area contributed by atoms with E-state index in [2.05, 4.69) is 229 Å². The van der Waals surface area contributed by atoms with Crippen molar-refractivity contribution >= 4 is 91.7 Å². The molecule has 0 aliphatic heterocycles. The molecule has 0 N–H and O–H groups in total. The zero-order valence-electron chi connectivity index (χ0n) is 32.7. The lowest BCUT2D eigenvalue weighted by Gasteiger charge is -2.28. The van der Waals surface area contributed by atoms with E-state index in [0.717, 1.165) is 17.1 Å². The second-order valence-corrected chi connectivity index (χ2v) is 16.7. The van der Waals surface area contributed by atoms with E-state index in [1.807, 2.05) is 11.3 Å². The van der Waals surface area contributed by atoms with Gasteiger partial charge in [0.1, 0.15) is 0 Å². The maximum Gasteiger partial charge on any atom is 0.0540 e. The van der Waals surface area contributed by atoms with Gasteiger partial charge in [0.05, 0.1) is 5.69 Å². The van der Waals surface area contributed by atoms with E-state index in [1.165, 1.54) is 96.6 Å². The normalized spacial score (nSPS) is 11.7. The number of hydrogen-bond acceptors (Lipinski definition) is 2. The lowest BCUT2D eigenvalue weighted by atomic mass is 9.84. The van der Waals surface area contributed by atoms with Gasteiger partial charge in [0, 0.05) is 36.9 Å². The fourth-order valence-electron chi connectivity index (χ4n) is 9.50. The fourth-order valence-corrected chi connectivity index (χ4v) is 10.6. The van der Waals surface area contributed by atoms with E-state index in [9.17, 15) is 0 Å². The molecule has 0 amide bonds. The molecule has 11 aromatic carbocycles. The Bertz CT molecular complexity index is 3600. The molecule has 0 bridgehead atoms. The molecular weight excluding hydrogens is 743 g/mol. The monoisotopic (exact) mass is 779 g/mol. The molecule has 280 valence electrons. The van der Waals surface area contributed by atoms with Crippen LogP contribution in [0.4, 0.5) is 17.1 Å². The molecule has 60 heavy (non-hydrogen) atoms. The number of anilines is 3. The Morgan fingerprint density at radius 3 is 1.62 bits per heavy atom. The first kappa shape index (κ1) is 34.5. The highest BCUT2D eigenvalue weighted by Gasteiger charge is 2.21. The average Bonchev–Trinajstić information content (AvgIpc) is 3.70. The van der Waals surface area contributed by atoms with Crippen LogP contribution in [0.2, 0.25) is 0 Å². The Hall–Kier alpha value is -7.52. The highest BCUT2D eigenvalue weighted by Crippen LogP contribution is 2.47. The van der Waals surface area contributed by atoms with Crippen LogP contribution < -0.4 is 4.90 Å². The number of rotatable bonds is 6. The van der Waals surface area contributed by atoms with Gasteiger partial charge < -0.3 is 4.90 Å². The molecule has 0 atom stereocenters. The molecule has 0 spiro atoms. The smallest absolute Gasteiger partial charge is 0.0540 e. The Morgan fingerprint density at radius 1 is 0.267 bits per heavy atom. The van der Waals surface area contributed by atoms with Crippen LogP contribution in [0.25, 0.3) is 96.6 Å². The average molecular weight is 780 g/mol. The largest absolute Gasteiger partial charge is 0.310 e. The minimum atomic E-state index is 1.11. The van der Waals surface area contributed by atoms with Gasteiger partial charge in [-0.1, -0.05) is 182 Å². The summed E-state index contributed by atoms with van der Waals surface area (Å²) >= 11 is 1.86. The summed E-state index contributed by atoms with van der Waals surface area (Å²) in [6.45, 7) is 0. The standard InChI is InChI=1S/C58H37NS/c1-3-16-39(17-4-1)57-52-25-10-9-23-47(52)48-32-30-42(36-53(48)58(57)40-18-5-2-6-19-40)41-20-13-21-43(35-41)59(44-31-34-51-50-24-11-12-28-55(50)60-56(51)37-44)54-27-14-26-46-45-22-8-7-15-38(45)29-33-49(46)54/h1-37H. The molecule has 0 saturated carbocycles. The minimum Gasteiger partial charge on any atom is -0.310 e. The first-order valence-corrected chi connectivity index (χ1v) is 21.4. The summed E-state index contributed by atoms with van der Waals surface area (Å²) in [6.07, 6.45) is 0. The van der Waals surface area contributed by atoms with Gasteiger partial charge in [-0.3, -0.25) is 0 Å². The van der Waals surface area contributed by atoms with Crippen molar-refractivity contribution in [1.82, 2.24) is 0 Å². The van der Waals surface area contributed by atoms with E-state index < -0.39 is 0 Å². The van der Waals surface area contributed by atoms with Crippen molar-refractivity contribution in [1.29, 1.82) is 0 Å². The highest BCUT2D eigenvalue weighted by molar-refractivity contribution is 7.25. The summed E-state index contributed by atoms with van der Waals surface area (Å²) < 4.78 is 2.59. The molecule has 1 nitrogen and oxygen atoms in total. The molecule has 1 aromatic heterocycles. The van der Waals surface area contributed by atoms with Gasteiger partial charge in [0.25, 0.3) is 0 Å². The maximum absolute atomic E-state index is 2.46. The third-order valence-corrected chi connectivity index (χ3v) is 13.3. The topological polar surface area (TPSA) is 3.24 Å². The van der Waals surface area contributed by atoms with Crippen LogP contribution in [-0.4, -0.2) is 0 Å². The highest BCUT2D eigenvalue weighted by atomic mass is 32.1. The molecule has 0 saturated heterocycles. The van der Waals surface area contributed by atoms with Crippen molar-refractivity contribution in [2.24, 2.45) is 0 Å². The van der Waals surface area contributed by atoms with E-state index in [4.69, 9.17) is 0 Å². The third kappa shape index (κ3) is 5.61. The van der Waals surface area contributed by atoms with Crippen LogP contribution in [0.15, 0.2) is 224 Å². The van der Waals surface area contributed by atoms with Crippen LogP contribution >= 0.6 is 11.3 Å². The number of benzene rings is 11. The van der Waals surface area contributed by atoms with Gasteiger partial charge in [0.15, 0.2) is 0 Å². The van der Waals surface area contributed by atoms with Gasteiger partial charge >= 0.3 is 0 Å². The van der Waals surface area contributed by atoms with Gasteiger partial charge in [-0.25, -0.2) is 0 Å². The Labute approximate surface area is 352 Å². The summed E-state index contributed by atoms with van der Waals surface area (Å²) in [4.78, 5) is 2.46. The first-order chi connectivity index (χ1) is 29.8. The fraction of sp³-hybridized carbons (Fsp3) is 0. The lowest BCUT2D eigenvalue weighted by molar-refractivity contribution is 1.31. The number of hydrogen-bond donors (Lipinski definition) is 0. The second kappa shape index (κ2) is 14.1. The molecule has 12 aromatic rings. The van der Waals surface area contributed by atoms with Gasteiger partial charge in [0.2, 0.25) is 0 Å². The SMILES string of the molecule is c1ccc(-c2c(-c3ccccc3)c3cc(-c4cccc(N(c5ccc6c(c5)sc5ccccc56)c5cccc6c5ccc5ccccc56)c4)ccc3c3ccccc23)cc1. The summed E-state index contributed by atoms with van der Waals surface area (Å²) in [7, 11) is 0. The van der Waals surface area contributed by atoms with E-state index in [1.54, 1.807) is 0 Å². The third-order valence-electron chi connectivity index (χ3n) is 12.2. The van der Waals surface area contributed by atoms with Crippen molar-refractivity contribution < 1.29 is 0 Å². The molecular formula is C58H37NS. The lowest BCUT2D eigenvalue weighted by Crippen LogP contribution is -2.10. The van der Waals surface area contributed by atoms with Crippen LogP contribution in [0.3, 0.4) is 0 Å². The van der Waals surface area contributed by atoms with Gasteiger partial charge in [-0.05, 0) is 114 Å². The van der Waals surface area contributed by atoms with Crippen LogP contribution in [-0.2, 0) is 0 Å². The minimum absolute atomic E-state index is 1.11. The maximum atomic E-state index is 2.46. The zero-order valence-corrected chi connectivity index (χ0v) is 33.5. The first-order valence-electron chi connectivity index (χ1n) is 20.6. The van der Waals surface area contributed by atoms with Crippen LogP contribution in [0.5, 0.6) is 0 Å². The van der Waals surface area contributed by atoms with Crippen molar-refractivity contribution in [2.75, 3.05) is 4.90 Å². The van der Waals surface area contributed by atoms with E-state index in [0.29, 0.717) is 0 Å². The molecule has 2 heteroatoms. The predicted octanol–water partition coefficient (Wildman–Crippen LogP) is 17.1. The predicted molar refractivity (Wildman–Crippen MR) is 260 cm³/mol. The van der Waals surface area contributed by atoms with Gasteiger partial charge in [-0.2, -0.15) is 0 Å². The molecule has 0 unspecified atom stereocenters.